The number of benzene rings is 3. The van der Waals surface area contributed by atoms with Crippen LogP contribution in [0.15, 0.2) is 72.8 Å². The molecule has 28 heavy (non-hydrogen) atoms. The van der Waals surface area contributed by atoms with E-state index in [1.807, 2.05) is 61.5 Å². The number of carbonyl (C=O) groups is 1. The van der Waals surface area contributed by atoms with Crippen molar-refractivity contribution in [2.75, 3.05) is 6.61 Å². The van der Waals surface area contributed by atoms with Crippen LogP contribution in [0.4, 0.5) is 0 Å². The monoisotopic (exact) mass is 395 g/mol. The molecule has 0 heterocycles. The minimum Gasteiger partial charge on any atom is -0.494 e. The third-order valence-corrected chi connectivity index (χ3v) is 4.32. The van der Waals surface area contributed by atoms with Crippen LogP contribution in [0.1, 0.15) is 28.4 Å². The lowest BCUT2D eigenvalue weighted by molar-refractivity contribution is 0.0946. The first-order valence-corrected chi connectivity index (χ1v) is 9.49. The Balaban J connectivity index is 1.68. The quantitative estimate of drug-likeness (QED) is 0.566. The van der Waals surface area contributed by atoms with E-state index in [-0.39, 0.29) is 5.91 Å². The van der Waals surface area contributed by atoms with Gasteiger partial charge < -0.3 is 14.8 Å². The van der Waals surface area contributed by atoms with E-state index in [4.69, 9.17) is 21.1 Å². The molecule has 0 fully saturated rings. The van der Waals surface area contributed by atoms with Gasteiger partial charge in [-0.15, -0.1) is 0 Å². The molecular formula is C23H22ClNO3. The molecule has 0 atom stereocenters. The molecule has 3 aromatic rings. The second kappa shape index (κ2) is 9.81. The SMILES string of the molecule is CCOc1cccc(CNC(=O)c2cc(Cl)ccc2OCc2ccccc2)c1. The van der Waals surface area contributed by atoms with Crippen LogP contribution in [0.3, 0.4) is 0 Å². The van der Waals surface area contributed by atoms with Crippen molar-refractivity contribution in [2.24, 2.45) is 0 Å². The minimum atomic E-state index is -0.243. The maximum atomic E-state index is 12.7. The number of nitrogens with one attached hydrogen (secondary N) is 1. The van der Waals surface area contributed by atoms with E-state index in [9.17, 15) is 4.79 Å². The zero-order valence-electron chi connectivity index (χ0n) is 15.7. The maximum Gasteiger partial charge on any atom is 0.255 e. The van der Waals surface area contributed by atoms with Crippen molar-refractivity contribution in [1.82, 2.24) is 5.32 Å². The van der Waals surface area contributed by atoms with Crippen LogP contribution in [0, 0.1) is 0 Å². The van der Waals surface area contributed by atoms with Crippen molar-refractivity contribution >= 4 is 17.5 Å². The van der Waals surface area contributed by atoms with E-state index in [1.54, 1.807) is 18.2 Å². The number of hydrogen-bond donors (Lipinski definition) is 1. The van der Waals surface area contributed by atoms with Crippen molar-refractivity contribution in [3.63, 3.8) is 0 Å². The molecular weight excluding hydrogens is 374 g/mol. The Kier molecular flexibility index (Phi) is 6.93. The molecule has 0 saturated carbocycles. The molecule has 0 aliphatic carbocycles. The van der Waals surface area contributed by atoms with E-state index in [0.29, 0.717) is 36.1 Å². The molecule has 0 saturated heterocycles. The lowest BCUT2D eigenvalue weighted by Gasteiger charge is -2.13. The molecule has 1 amide bonds. The summed E-state index contributed by atoms with van der Waals surface area (Å²) in [6.07, 6.45) is 0. The minimum absolute atomic E-state index is 0.243. The summed E-state index contributed by atoms with van der Waals surface area (Å²) in [6.45, 7) is 3.29. The van der Waals surface area contributed by atoms with Gasteiger partial charge in [-0.25, -0.2) is 0 Å². The molecule has 0 aliphatic heterocycles. The van der Waals surface area contributed by atoms with Crippen molar-refractivity contribution in [1.29, 1.82) is 0 Å². The third kappa shape index (κ3) is 5.51. The zero-order chi connectivity index (χ0) is 19.8. The van der Waals surface area contributed by atoms with E-state index in [0.717, 1.165) is 16.9 Å². The van der Waals surface area contributed by atoms with Gasteiger partial charge in [0.15, 0.2) is 0 Å². The third-order valence-electron chi connectivity index (χ3n) is 4.09. The fraction of sp³-hybridized carbons (Fsp3) is 0.174. The highest BCUT2D eigenvalue weighted by molar-refractivity contribution is 6.31. The summed E-state index contributed by atoms with van der Waals surface area (Å²) in [5.41, 5.74) is 2.38. The van der Waals surface area contributed by atoms with E-state index >= 15 is 0 Å². The Hall–Kier alpha value is -2.98. The highest BCUT2D eigenvalue weighted by Gasteiger charge is 2.14. The second-order valence-corrected chi connectivity index (χ2v) is 6.61. The van der Waals surface area contributed by atoms with Gasteiger partial charge in [0.2, 0.25) is 0 Å². The van der Waals surface area contributed by atoms with Crippen molar-refractivity contribution in [3.05, 3.63) is 94.5 Å². The van der Waals surface area contributed by atoms with Crippen LogP contribution < -0.4 is 14.8 Å². The van der Waals surface area contributed by atoms with Crippen LogP contribution in [0.5, 0.6) is 11.5 Å². The Morgan fingerprint density at radius 1 is 0.929 bits per heavy atom. The average Bonchev–Trinajstić information content (AvgIpc) is 2.72. The van der Waals surface area contributed by atoms with E-state index in [1.165, 1.54) is 0 Å². The molecule has 3 aromatic carbocycles. The molecule has 0 bridgehead atoms. The lowest BCUT2D eigenvalue weighted by Crippen LogP contribution is -2.23. The number of amides is 1. The molecule has 4 nitrogen and oxygen atoms in total. The molecule has 1 N–H and O–H groups in total. The van der Waals surface area contributed by atoms with Gasteiger partial charge in [0.1, 0.15) is 18.1 Å². The Labute approximate surface area is 170 Å². The van der Waals surface area contributed by atoms with Crippen LogP contribution in [-0.2, 0) is 13.2 Å². The predicted molar refractivity (Wildman–Crippen MR) is 111 cm³/mol. The fourth-order valence-electron chi connectivity index (χ4n) is 2.73. The largest absolute Gasteiger partial charge is 0.494 e. The van der Waals surface area contributed by atoms with Crippen LogP contribution in [-0.4, -0.2) is 12.5 Å². The standard InChI is InChI=1S/C23H22ClNO3/c1-2-27-20-10-6-9-18(13-20)15-25-23(26)21-14-19(24)11-12-22(21)28-16-17-7-4-3-5-8-17/h3-14H,2,15-16H2,1H3,(H,25,26). The van der Waals surface area contributed by atoms with Crippen molar-refractivity contribution < 1.29 is 14.3 Å². The van der Waals surface area contributed by atoms with Crippen LogP contribution in [0.25, 0.3) is 0 Å². The van der Waals surface area contributed by atoms with E-state index in [2.05, 4.69) is 5.32 Å². The smallest absolute Gasteiger partial charge is 0.255 e. The van der Waals surface area contributed by atoms with Gasteiger partial charge in [0.25, 0.3) is 5.91 Å². The lowest BCUT2D eigenvalue weighted by atomic mass is 10.1. The van der Waals surface area contributed by atoms with E-state index < -0.39 is 0 Å². The van der Waals surface area contributed by atoms with Crippen molar-refractivity contribution in [3.8, 4) is 11.5 Å². The highest BCUT2D eigenvalue weighted by atomic mass is 35.5. The summed E-state index contributed by atoms with van der Waals surface area (Å²) in [5.74, 6) is 1.03. The molecule has 0 unspecified atom stereocenters. The topological polar surface area (TPSA) is 47.6 Å². The second-order valence-electron chi connectivity index (χ2n) is 6.18. The first kappa shape index (κ1) is 19.8. The summed E-state index contributed by atoms with van der Waals surface area (Å²) in [5, 5.41) is 3.40. The number of rotatable bonds is 8. The molecule has 0 aliphatic rings. The van der Waals surface area contributed by atoms with Crippen LogP contribution in [0.2, 0.25) is 5.02 Å². The van der Waals surface area contributed by atoms with Gasteiger partial charge in [-0.2, -0.15) is 0 Å². The number of halogens is 1. The number of hydrogen-bond acceptors (Lipinski definition) is 3. The van der Waals surface area contributed by atoms with Gasteiger partial charge in [-0.05, 0) is 48.4 Å². The number of carbonyl (C=O) groups excluding carboxylic acids is 1. The summed E-state index contributed by atoms with van der Waals surface area (Å²) < 4.78 is 11.4. The van der Waals surface area contributed by atoms with Gasteiger partial charge >= 0.3 is 0 Å². The molecule has 144 valence electrons. The first-order chi connectivity index (χ1) is 13.7. The Morgan fingerprint density at radius 2 is 1.71 bits per heavy atom. The van der Waals surface area contributed by atoms with Gasteiger partial charge in [0.05, 0.1) is 12.2 Å². The summed E-state index contributed by atoms with van der Waals surface area (Å²) in [7, 11) is 0. The Morgan fingerprint density at radius 3 is 2.50 bits per heavy atom. The highest BCUT2D eigenvalue weighted by Crippen LogP contribution is 2.24. The van der Waals surface area contributed by atoms with Gasteiger partial charge in [-0.3, -0.25) is 4.79 Å². The van der Waals surface area contributed by atoms with Crippen LogP contribution >= 0.6 is 11.6 Å². The molecule has 0 spiro atoms. The van der Waals surface area contributed by atoms with Crippen molar-refractivity contribution in [2.45, 2.75) is 20.1 Å². The fourth-order valence-corrected chi connectivity index (χ4v) is 2.90. The summed E-state index contributed by atoms with van der Waals surface area (Å²) in [6, 6.07) is 22.5. The predicted octanol–water partition coefficient (Wildman–Crippen LogP) is 5.25. The Bertz CT molecular complexity index is 928. The summed E-state index contributed by atoms with van der Waals surface area (Å²) >= 11 is 6.10. The van der Waals surface area contributed by atoms with Gasteiger partial charge in [-0.1, -0.05) is 54.1 Å². The summed E-state index contributed by atoms with van der Waals surface area (Å²) in [4.78, 5) is 12.7. The maximum absolute atomic E-state index is 12.7. The molecule has 0 radical (unpaired) electrons. The normalized spacial score (nSPS) is 10.4. The molecule has 0 aromatic heterocycles. The number of ether oxygens (including phenoxy) is 2. The average molecular weight is 396 g/mol. The molecule has 5 heteroatoms. The zero-order valence-corrected chi connectivity index (χ0v) is 16.4. The first-order valence-electron chi connectivity index (χ1n) is 9.12. The van der Waals surface area contributed by atoms with Gasteiger partial charge in [0, 0.05) is 11.6 Å². The molecule has 3 rings (SSSR count).